The van der Waals surface area contributed by atoms with Crippen LogP contribution in [0.1, 0.15) is 19.3 Å². The molecule has 5 N–H and O–H groups in total. The van der Waals surface area contributed by atoms with Gasteiger partial charge in [-0.1, -0.05) is 0 Å². The molecule has 0 amide bonds. The van der Waals surface area contributed by atoms with Crippen LogP contribution in [-0.2, 0) is 9.47 Å². The van der Waals surface area contributed by atoms with E-state index in [0.717, 1.165) is 25.8 Å². The first-order valence-corrected chi connectivity index (χ1v) is 6.29. The summed E-state index contributed by atoms with van der Waals surface area (Å²) in [4.78, 5) is 0. The van der Waals surface area contributed by atoms with E-state index in [1.165, 1.54) is 0 Å². The summed E-state index contributed by atoms with van der Waals surface area (Å²) in [5.41, 5.74) is 0. The molecule has 2 heterocycles. The predicted octanol–water partition coefficient (Wildman–Crippen LogP) is -2.10. The third-order valence-corrected chi connectivity index (χ3v) is 3.46. The molecule has 0 saturated carbocycles. The van der Waals surface area contributed by atoms with Gasteiger partial charge in [-0.3, -0.25) is 5.32 Å². The number of piperidine rings is 1. The summed E-state index contributed by atoms with van der Waals surface area (Å²) >= 11 is 0. The number of hydrogen-bond donors (Lipinski definition) is 5. The standard InChI is InChI=1S/C11H21NO6/c13-5-7-9(14)10(15)11(16,18-7)6-17-8-3-1-2-4-12-8/h7-10,12-16H,1-6H2/t7-,8?,9+,10-,11+/m0/s1. The van der Waals surface area contributed by atoms with Gasteiger partial charge in [-0.05, 0) is 25.8 Å². The normalized spacial score (nSPS) is 45.3. The van der Waals surface area contributed by atoms with E-state index in [2.05, 4.69) is 5.32 Å². The molecule has 106 valence electrons. The molecule has 0 aliphatic carbocycles. The number of ether oxygens (including phenoxy) is 2. The van der Waals surface area contributed by atoms with Crippen LogP contribution in [0.4, 0.5) is 0 Å². The highest BCUT2D eigenvalue weighted by atomic mass is 16.7. The highest BCUT2D eigenvalue weighted by Crippen LogP contribution is 2.29. The molecule has 2 fully saturated rings. The van der Waals surface area contributed by atoms with Gasteiger partial charge in [-0.15, -0.1) is 0 Å². The van der Waals surface area contributed by atoms with Gasteiger partial charge in [0.1, 0.15) is 31.1 Å². The average molecular weight is 263 g/mol. The molecule has 7 nitrogen and oxygen atoms in total. The van der Waals surface area contributed by atoms with Gasteiger partial charge in [-0.2, -0.15) is 0 Å². The Morgan fingerprint density at radius 1 is 1.33 bits per heavy atom. The first-order chi connectivity index (χ1) is 8.57. The Morgan fingerprint density at radius 3 is 2.67 bits per heavy atom. The lowest BCUT2D eigenvalue weighted by Gasteiger charge is -2.30. The summed E-state index contributed by atoms with van der Waals surface area (Å²) in [5, 5.41) is 41.4. The Labute approximate surface area is 105 Å². The molecule has 0 radical (unpaired) electrons. The minimum Gasteiger partial charge on any atom is -0.394 e. The van der Waals surface area contributed by atoms with Crippen molar-refractivity contribution in [3.63, 3.8) is 0 Å². The van der Waals surface area contributed by atoms with Crippen molar-refractivity contribution in [1.82, 2.24) is 5.32 Å². The molecule has 18 heavy (non-hydrogen) atoms. The summed E-state index contributed by atoms with van der Waals surface area (Å²) in [5.74, 6) is -1.97. The molecule has 0 aromatic rings. The predicted molar refractivity (Wildman–Crippen MR) is 60.5 cm³/mol. The van der Waals surface area contributed by atoms with Crippen LogP contribution in [0.15, 0.2) is 0 Å². The third kappa shape index (κ3) is 2.83. The van der Waals surface area contributed by atoms with Crippen LogP contribution in [0, 0.1) is 0 Å². The van der Waals surface area contributed by atoms with E-state index < -0.39 is 30.7 Å². The van der Waals surface area contributed by atoms with Gasteiger partial charge in [-0.25, -0.2) is 0 Å². The maximum atomic E-state index is 10.1. The Kier molecular flexibility index (Phi) is 4.54. The monoisotopic (exact) mass is 263 g/mol. The molecule has 2 rings (SSSR count). The van der Waals surface area contributed by atoms with E-state index in [-0.39, 0.29) is 12.8 Å². The molecule has 5 atom stereocenters. The molecule has 2 aliphatic heterocycles. The summed E-state index contributed by atoms with van der Waals surface area (Å²) in [6, 6.07) is 0. The van der Waals surface area contributed by atoms with E-state index >= 15 is 0 Å². The fraction of sp³-hybridized carbons (Fsp3) is 1.00. The molecule has 0 aromatic carbocycles. The van der Waals surface area contributed by atoms with Crippen LogP contribution in [0.25, 0.3) is 0 Å². The van der Waals surface area contributed by atoms with Crippen LogP contribution in [0.3, 0.4) is 0 Å². The zero-order valence-corrected chi connectivity index (χ0v) is 10.2. The summed E-state index contributed by atoms with van der Waals surface area (Å²) in [7, 11) is 0. The molecular formula is C11H21NO6. The molecular weight excluding hydrogens is 242 g/mol. The Balaban J connectivity index is 1.87. The largest absolute Gasteiger partial charge is 0.394 e. The van der Waals surface area contributed by atoms with Gasteiger partial charge in [0.15, 0.2) is 0 Å². The van der Waals surface area contributed by atoms with Crippen molar-refractivity contribution in [2.45, 2.75) is 49.6 Å². The Morgan fingerprint density at radius 2 is 2.11 bits per heavy atom. The average Bonchev–Trinajstić information content (AvgIpc) is 2.63. The fourth-order valence-corrected chi connectivity index (χ4v) is 2.32. The lowest BCUT2D eigenvalue weighted by Crippen LogP contribution is -2.49. The van der Waals surface area contributed by atoms with E-state index in [9.17, 15) is 15.3 Å². The van der Waals surface area contributed by atoms with Crippen LogP contribution < -0.4 is 5.32 Å². The fourth-order valence-electron chi connectivity index (χ4n) is 2.32. The van der Waals surface area contributed by atoms with E-state index in [4.69, 9.17) is 14.6 Å². The van der Waals surface area contributed by atoms with Crippen LogP contribution in [0.2, 0.25) is 0 Å². The maximum Gasteiger partial charge on any atom is 0.219 e. The van der Waals surface area contributed by atoms with Crippen molar-refractivity contribution >= 4 is 0 Å². The topological polar surface area (TPSA) is 111 Å². The van der Waals surface area contributed by atoms with Gasteiger partial charge >= 0.3 is 0 Å². The second kappa shape index (κ2) is 5.79. The first kappa shape index (κ1) is 14.1. The smallest absolute Gasteiger partial charge is 0.219 e. The van der Waals surface area contributed by atoms with Gasteiger partial charge in [0.25, 0.3) is 0 Å². The minimum absolute atomic E-state index is 0.177. The molecule has 0 spiro atoms. The van der Waals surface area contributed by atoms with Crippen molar-refractivity contribution in [1.29, 1.82) is 0 Å². The van der Waals surface area contributed by atoms with Crippen molar-refractivity contribution in [2.24, 2.45) is 0 Å². The van der Waals surface area contributed by atoms with E-state index in [1.54, 1.807) is 0 Å². The minimum atomic E-state index is -1.97. The van der Waals surface area contributed by atoms with Crippen molar-refractivity contribution in [2.75, 3.05) is 19.8 Å². The van der Waals surface area contributed by atoms with Gasteiger partial charge < -0.3 is 29.9 Å². The number of aliphatic hydroxyl groups is 4. The van der Waals surface area contributed by atoms with Gasteiger partial charge in [0, 0.05) is 0 Å². The summed E-state index contributed by atoms with van der Waals surface area (Å²) in [6.45, 7) is 0.135. The molecule has 0 bridgehead atoms. The first-order valence-electron chi connectivity index (χ1n) is 6.29. The van der Waals surface area contributed by atoms with Crippen LogP contribution in [-0.4, -0.2) is 70.5 Å². The summed E-state index contributed by atoms with van der Waals surface area (Å²) in [6.07, 6.45) is -1.01. The summed E-state index contributed by atoms with van der Waals surface area (Å²) < 4.78 is 10.5. The third-order valence-electron chi connectivity index (χ3n) is 3.46. The lowest BCUT2D eigenvalue weighted by atomic mass is 10.1. The second-order valence-corrected chi connectivity index (χ2v) is 4.87. The SMILES string of the molecule is OC[C@@H]1O[C@](O)(COC2CCCCN2)[C@@H](O)[C@@H]1O. The molecule has 2 saturated heterocycles. The molecule has 0 aromatic heterocycles. The number of aliphatic hydroxyl groups excluding tert-OH is 3. The molecule has 7 heteroatoms. The molecule has 1 unspecified atom stereocenters. The van der Waals surface area contributed by atoms with Crippen LogP contribution in [0.5, 0.6) is 0 Å². The van der Waals surface area contributed by atoms with Crippen molar-refractivity contribution in [3.05, 3.63) is 0 Å². The quantitative estimate of drug-likeness (QED) is 0.395. The number of hydrogen-bond acceptors (Lipinski definition) is 7. The highest BCUT2D eigenvalue weighted by Gasteiger charge is 2.53. The zero-order valence-electron chi connectivity index (χ0n) is 10.2. The maximum absolute atomic E-state index is 10.1. The lowest BCUT2D eigenvalue weighted by molar-refractivity contribution is -0.263. The van der Waals surface area contributed by atoms with E-state index in [0.29, 0.717) is 0 Å². The van der Waals surface area contributed by atoms with Gasteiger partial charge in [0.2, 0.25) is 5.79 Å². The Bertz CT molecular complexity index is 272. The molecule has 2 aliphatic rings. The number of rotatable bonds is 4. The second-order valence-electron chi connectivity index (χ2n) is 4.87. The van der Waals surface area contributed by atoms with Gasteiger partial charge in [0.05, 0.1) is 6.61 Å². The van der Waals surface area contributed by atoms with E-state index in [1.807, 2.05) is 0 Å². The van der Waals surface area contributed by atoms with Crippen LogP contribution >= 0.6 is 0 Å². The highest BCUT2D eigenvalue weighted by molar-refractivity contribution is 4.95. The van der Waals surface area contributed by atoms with Crippen molar-refractivity contribution in [3.8, 4) is 0 Å². The number of nitrogens with one attached hydrogen (secondary N) is 1. The van der Waals surface area contributed by atoms with Crippen molar-refractivity contribution < 1.29 is 29.9 Å². The Hall–Kier alpha value is -0.280. The zero-order chi connectivity index (χ0) is 13.2.